The van der Waals surface area contributed by atoms with Crippen molar-refractivity contribution in [1.29, 1.82) is 0 Å². The van der Waals surface area contributed by atoms with Crippen LogP contribution in [0, 0.1) is 16.0 Å². The number of nitro groups is 1. The molecule has 0 fully saturated rings. The molecule has 0 atom stereocenters. The van der Waals surface area contributed by atoms with E-state index in [-0.39, 0.29) is 11.3 Å². The second-order valence-corrected chi connectivity index (χ2v) is 8.57. The second kappa shape index (κ2) is 9.61. The summed E-state index contributed by atoms with van der Waals surface area (Å²) in [6, 6.07) is 16.9. The maximum absolute atomic E-state index is 12.5. The number of aromatic nitrogens is 3. The van der Waals surface area contributed by atoms with Gasteiger partial charge in [0, 0.05) is 23.4 Å². The van der Waals surface area contributed by atoms with Crippen LogP contribution in [0.5, 0.6) is 6.01 Å². The SMILES string of the molecule is CC(C)COc1nc(-c2cccs2)n(-c2ccc(NC(=O)c3cccc([N+](=O)[O-])c3)cc2)n1. The van der Waals surface area contributed by atoms with Gasteiger partial charge in [0.15, 0.2) is 5.82 Å². The van der Waals surface area contributed by atoms with Gasteiger partial charge in [0.25, 0.3) is 11.6 Å². The number of carbonyl (C=O) groups is 1. The molecule has 0 radical (unpaired) electrons. The Kier molecular flexibility index (Phi) is 6.45. The molecular formula is C23H21N5O4S. The number of nitro benzene ring substituents is 1. The molecule has 2 aromatic carbocycles. The molecule has 4 aromatic rings. The lowest BCUT2D eigenvalue weighted by molar-refractivity contribution is -0.384. The van der Waals surface area contributed by atoms with Crippen LogP contribution in [-0.2, 0) is 0 Å². The van der Waals surface area contributed by atoms with Gasteiger partial charge in [0.1, 0.15) is 0 Å². The molecule has 2 aromatic heterocycles. The fraction of sp³-hybridized carbons (Fsp3) is 0.174. The molecule has 0 aliphatic rings. The van der Waals surface area contributed by atoms with E-state index in [1.54, 1.807) is 40.3 Å². The van der Waals surface area contributed by atoms with E-state index in [9.17, 15) is 14.9 Å². The van der Waals surface area contributed by atoms with Crippen molar-refractivity contribution >= 4 is 28.6 Å². The van der Waals surface area contributed by atoms with Crippen molar-refractivity contribution in [2.45, 2.75) is 13.8 Å². The van der Waals surface area contributed by atoms with E-state index < -0.39 is 10.8 Å². The van der Waals surface area contributed by atoms with Crippen molar-refractivity contribution in [3.8, 4) is 22.4 Å². The molecule has 4 rings (SSSR count). The monoisotopic (exact) mass is 463 g/mol. The Morgan fingerprint density at radius 2 is 1.97 bits per heavy atom. The van der Waals surface area contributed by atoms with Gasteiger partial charge >= 0.3 is 6.01 Å². The number of nitrogens with zero attached hydrogens (tertiary/aromatic N) is 4. The van der Waals surface area contributed by atoms with E-state index in [1.807, 2.05) is 17.5 Å². The summed E-state index contributed by atoms with van der Waals surface area (Å²) in [6.45, 7) is 4.62. The van der Waals surface area contributed by atoms with Crippen molar-refractivity contribution in [3.05, 3.63) is 81.7 Å². The van der Waals surface area contributed by atoms with Crippen molar-refractivity contribution in [1.82, 2.24) is 14.8 Å². The number of non-ortho nitro benzene ring substituents is 1. The summed E-state index contributed by atoms with van der Waals surface area (Å²) in [4.78, 5) is 28.4. The molecule has 0 spiro atoms. The van der Waals surface area contributed by atoms with Crippen LogP contribution in [0.25, 0.3) is 16.4 Å². The lowest BCUT2D eigenvalue weighted by Crippen LogP contribution is -2.12. The summed E-state index contributed by atoms with van der Waals surface area (Å²) in [5, 5.41) is 20.2. The lowest BCUT2D eigenvalue weighted by Gasteiger charge is -2.08. The molecule has 10 heteroatoms. The summed E-state index contributed by atoms with van der Waals surface area (Å²) >= 11 is 1.55. The van der Waals surface area contributed by atoms with Crippen molar-refractivity contribution in [3.63, 3.8) is 0 Å². The van der Waals surface area contributed by atoms with Crippen molar-refractivity contribution < 1.29 is 14.5 Å². The van der Waals surface area contributed by atoms with Gasteiger partial charge in [-0.25, -0.2) is 4.68 Å². The number of benzene rings is 2. The summed E-state index contributed by atoms with van der Waals surface area (Å²) in [7, 11) is 0. The minimum absolute atomic E-state index is 0.138. The zero-order valence-corrected chi connectivity index (χ0v) is 18.8. The van der Waals surface area contributed by atoms with Gasteiger partial charge < -0.3 is 10.1 Å². The predicted octanol–water partition coefficient (Wildman–Crippen LogP) is 5.19. The maximum Gasteiger partial charge on any atom is 0.336 e. The highest BCUT2D eigenvalue weighted by atomic mass is 32.1. The van der Waals surface area contributed by atoms with E-state index in [4.69, 9.17) is 4.74 Å². The zero-order chi connectivity index (χ0) is 23.4. The predicted molar refractivity (Wildman–Crippen MR) is 126 cm³/mol. The molecule has 9 nitrogen and oxygen atoms in total. The van der Waals surface area contributed by atoms with Gasteiger partial charge in [-0.15, -0.1) is 16.4 Å². The third-order valence-electron chi connectivity index (χ3n) is 4.56. The van der Waals surface area contributed by atoms with Gasteiger partial charge in [0.05, 0.1) is 22.1 Å². The van der Waals surface area contributed by atoms with Gasteiger partial charge in [-0.05, 0) is 47.7 Å². The Bertz CT molecular complexity index is 1270. The Labute approximate surface area is 193 Å². The quantitative estimate of drug-likeness (QED) is 0.284. The van der Waals surface area contributed by atoms with Crippen LogP contribution in [0.15, 0.2) is 66.0 Å². The Hall–Kier alpha value is -4.05. The molecular weight excluding hydrogens is 442 g/mol. The van der Waals surface area contributed by atoms with Crippen molar-refractivity contribution in [2.24, 2.45) is 5.92 Å². The van der Waals surface area contributed by atoms with Crippen LogP contribution in [0.1, 0.15) is 24.2 Å². The normalized spacial score (nSPS) is 10.9. The molecule has 1 N–H and O–H groups in total. The lowest BCUT2D eigenvalue weighted by atomic mass is 10.2. The maximum atomic E-state index is 12.5. The Morgan fingerprint density at radius 1 is 1.18 bits per heavy atom. The standard InChI is InChI=1S/C23H21N5O4S/c1-15(2)14-32-23-25-21(20-7-4-12-33-20)27(26-23)18-10-8-17(9-11-18)24-22(29)16-5-3-6-19(13-16)28(30)31/h3-13,15H,14H2,1-2H3,(H,24,29). The number of nitrogens with one attached hydrogen (secondary N) is 1. The van der Waals surface area contributed by atoms with Crippen LogP contribution in [0.4, 0.5) is 11.4 Å². The van der Waals surface area contributed by atoms with E-state index in [0.29, 0.717) is 30.0 Å². The molecule has 0 unspecified atom stereocenters. The zero-order valence-electron chi connectivity index (χ0n) is 18.0. The highest BCUT2D eigenvalue weighted by molar-refractivity contribution is 7.13. The van der Waals surface area contributed by atoms with Crippen LogP contribution in [-0.4, -0.2) is 32.2 Å². The Morgan fingerprint density at radius 3 is 2.64 bits per heavy atom. The molecule has 0 saturated carbocycles. The first-order valence-corrected chi connectivity index (χ1v) is 11.1. The first-order valence-electron chi connectivity index (χ1n) is 10.2. The summed E-state index contributed by atoms with van der Waals surface area (Å²) in [6.07, 6.45) is 0. The number of amides is 1. The smallest absolute Gasteiger partial charge is 0.336 e. The van der Waals surface area contributed by atoms with E-state index in [2.05, 4.69) is 29.2 Å². The summed E-state index contributed by atoms with van der Waals surface area (Å²) < 4.78 is 7.42. The first-order chi connectivity index (χ1) is 15.9. The highest BCUT2D eigenvalue weighted by Crippen LogP contribution is 2.28. The molecule has 0 aliphatic heterocycles. The second-order valence-electron chi connectivity index (χ2n) is 7.62. The summed E-state index contributed by atoms with van der Waals surface area (Å²) in [5.41, 5.74) is 1.36. The first kappa shape index (κ1) is 22.2. The third kappa shape index (κ3) is 5.24. The molecule has 168 valence electrons. The van der Waals surface area contributed by atoms with Crippen LogP contribution in [0.2, 0.25) is 0 Å². The van der Waals surface area contributed by atoms with E-state index in [1.165, 1.54) is 24.3 Å². The minimum Gasteiger partial charge on any atom is -0.462 e. The number of hydrogen-bond acceptors (Lipinski definition) is 7. The number of anilines is 1. The average Bonchev–Trinajstić information content (AvgIpc) is 3.48. The van der Waals surface area contributed by atoms with Gasteiger partial charge in [-0.2, -0.15) is 4.98 Å². The number of rotatable bonds is 8. The van der Waals surface area contributed by atoms with Crippen LogP contribution < -0.4 is 10.1 Å². The highest BCUT2D eigenvalue weighted by Gasteiger charge is 2.16. The molecule has 0 saturated heterocycles. The third-order valence-corrected chi connectivity index (χ3v) is 5.43. The molecule has 0 aliphatic carbocycles. The summed E-state index contributed by atoms with van der Waals surface area (Å²) in [5.74, 6) is 0.573. The molecule has 1 amide bonds. The van der Waals surface area contributed by atoms with Crippen molar-refractivity contribution in [2.75, 3.05) is 11.9 Å². The van der Waals surface area contributed by atoms with Gasteiger partial charge in [-0.3, -0.25) is 14.9 Å². The number of ether oxygens (including phenoxy) is 1. The number of thiophene rings is 1. The molecule has 33 heavy (non-hydrogen) atoms. The fourth-order valence-corrected chi connectivity index (χ4v) is 3.69. The largest absolute Gasteiger partial charge is 0.462 e. The van der Waals surface area contributed by atoms with E-state index in [0.717, 1.165) is 10.6 Å². The number of hydrogen-bond donors (Lipinski definition) is 1. The van der Waals surface area contributed by atoms with E-state index >= 15 is 0 Å². The topological polar surface area (TPSA) is 112 Å². The average molecular weight is 464 g/mol. The van der Waals surface area contributed by atoms with Gasteiger partial charge in [-0.1, -0.05) is 26.0 Å². The van der Waals surface area contributed by atoms with Crippen LogP contribution >= 0.6 is 11.3 Å². The molecule has 0 bridgehead atoms. The fourth-order valence-electron chi connectivity index (χ4n) is 2.99. The Balaban J connectivity index is 1.56. The molecule has 2 heterocycles. The van der Waals surface area contributed by atoms with Crippen LogP contribution in [0.3, 0.4) is 0 Å². The minimum atomic E-state index is -0.534. The number of carbonyl (C=O) groups excluding carboxylic acids is 1. The van der Waals surface area contributed by atoms with Gasteiger partial charge in [0.2, 0.25) is 0 Å².